The van der Waals surface area contributed by atoms with Gasteiger partial charge >= 0.3 is 0 Å². The van der Waals surface area contributed by atoms with E-state index in [1.807, 2.05) is 22.5 Å². The second kappa shape index (κ2) is 4.83. The minimum atomic E-state index is -0.151. The fourth-order valence-electron chi connectivity index (χ4n) is 2.78. The molecule has 22 heavy (non-hydrogen) atoms. The van der Waals surface area contributed by atoms with E-state index < -0.39 is 0 Å². The fourth-order valence-corrected chi connectivity index (χ4v) is 2.78. The molecule has 112 valence electrons. The summed E-state index contributed by atoms with van der Waals surface area (Å²) in [5.41, 5.74) is 3.12. The molecule has 0 fully saturated rings. The number of amides is 1. The van der Waals surface area contributed by atoms with E-state index in [0.29, 0.717) is 19.6 Å². The zero-order chi connectivity index (χ0) is 15.1. The van der Waals surface area contributed by atoms with E-state index in [2.05, 4.69) is 15.2 Å². The van der Waals surface area contributed by atoms with Crippen LogP contribution in [0, 0.1) is 0 Å². The van der Waals surface area contributed by atoms with Gasteiger partial charge in [0.15, 0.2) is 0 Å². The van der Waals surface area contributed by atoms with Crippen LogP contribution >= 0.6 is 0 Å². The third-order valence-electron chi connectivity index (χ3n) is 3.87. The number of aromatic nitrogens is 5. The van der Waals surface area contributed by atoms with Gasteiger partial charge in [-0.25, -0.2) is 4.98 Å². The van der Waals surface area contributed by atoms with Crippen molar-refractivity contribution in [3.63, 3.8) is 0 Å². The Kier molecular flexibility index (Phi) is 2.81. The number of carbonyl (C=O) groups excluding carboxylic acids is 1. The van der Waals surface area contributed by atoms with Crippen molar-refractivity contribution in [1.29, 1.82) is 0 Å². The Labute approximate surface area is 125 Å². The molecule has 0 spiro atoms. The van der Waals surface area contributed by atoms with Crippen molar-refractivity contribution in [3.05, 3.63) is 53.7 Å². The predicted molar refractivity (Wildman–Crippen MR) is 74.6 cm³/mol. The van der Waals surface area contributed by atoms with Crippen LogP contribution in [0.4, 0.5) is 0 Å². The van der Waals surface area contributed by atoms with Crippen LogP contribution in [0.2, 0.25) is 0 Å². The Balaban J connectivity index is 1.60. The topological polar surface area (TPSA) is 82.0 Å². The maximum Gasteiger partial charge on any atom is 0.293 e. The van der Waals surface area contributed by atoms with E-state index >= 15 is 0 Å². The standard InChI is InChI=1S/C14H14N6O2/c1-18-12-8-20(14(21)13-2-3-16-22-13)6-10(12)11(17-18)7-19-5-4-15-9-19/h2-5,9H,6-8H2,1H3. The summed E-state index contributed by atoms with van der Waals surface area (Å²) in [4.78, 5) is 18.1. The van der Waals surface area contributed by atoms with Crippen molar-refractivity contribution < 1.29 is 9.32 Å². The van der Waals surface area contributed by atoms with Gasteiger partial charge in [0.2, 0.25) is 5.76 Å². The highest BCUT2D eigenvalue weighted by Crippen LogP contribution is 2.27. The molecule has 0 bridgehead atoms. The SMILES string of the molecule is Cn1nc(Cn2ccnc2)c2c1CN(C(=O)c1ccno1)C2. The van der Waals surface area contributed by atoms with Crippen LogP contribution in [-0.4, -0.2) is 35.3 Å². The van der Waals surface area contributed by atoms with Gasteiger partial charge in [-0.15, -0.1) is 0 Å². The molecule has 0 N–H and O–H groups in total. The smallest absolute Gasteiger partial charge is 0.293 e. The average molecular weight is 298 g/mol. The predicted octanol–water partition coefficient (Wildman–Crippen LogP) is 0.809. The van der Waals surface area contributed by atoms with Gasteiger partial charge in [0.25, 0.3) is 5.91 Å². The molecule has 0 aromatic carbocycles. The van der Waals surface area contributed by atoms with Crippen LogP contribution in [0.1, 0.15) is 27.5 Å². The third kappa shape index (κ3) is 2.00. The van der Waals surface area contributed by atoms with Gasteiger partial charge < -0.3 is 14.0 Å². The van der Waals surface area contributed by atoms with Crippen LogP contribution in [0.15, 0.2) is 35.5 Å². The van der Waals surface area contributed by atoms with Gasteiger partial charge in [-0.05, 0) is 0 Å². The quantitative estimate of drug-likeness (QED) is 0.714. The van der Waals surface area contributed by atoms with Crippen molar-refractivity contribution in [1.82, 2.24) is 29.4 Å². The van der Waals surface area contributed by atoms with Crippen LogP contribution in [0.3, 0.4) is 0 Å². The van der Waals surface area contributed by atoms with Gasteiger partial charge in [-0.2, -0.15) is 5.10 Å². The lowest BCUT2D eigenvalue weighted by Crippen LogP contribution is -2.26. The second-order valence-electron chi connectivity index (χ2n) is 5.27. The number of imidazole rings is 1. The summed E-state index contributed by atoms with van der Waals surface area (Å²) in [6.07, 6.45) is 6.87. The summed E-state index contributed by atoms with van der Waals surface area (Å²) in [7, 11) is 1.90. The van der Waals surface area contributed by atoms with Crippen molar-refractivity contribution >= 4 is 5.91 Å². The Morgan fingerprint density at radius 2 is 2.27 bits per heavy atom. The average Bonchev–Trinajstić information content (AvgIpc) is 3.25. The third-order valence-corrected chi connectivity index (χ3v) is 3.87. The molecule has 8 nitrogen and oxygen atoms in total. The summed E-state index contributed by atoms with van der Waals surface area (Å²) in [6, 6.07) is 1.58. The molecule has 1 amide bonds. The Morgan fingerprint density at radius 3 is 3.00 bits per heavy atom. The highest BCUT2D eigenvalue weighted by molar-refractivity contribution is 5.91. The molecule has 0 saturated carbocycles. The molecule has 3 aromatic rings. The normalized spacial score (nSPS) is 13.6. The van der Waals surface area contributed by atoms with E-state index in [1.165, 1.54) is 6.20 Å². The molecule has 1 aliphatic heterocycles. The van der Waals surface area contributed by atoms with E-state index in [1.54, 1.807) is 23.5 Å². The Morgan fingerprint density at radius 1 is 1.36 bits per heavy atom. The minimum Gasteiger partial charge on any atom is -0.351 e. The molecule has 0 saturated heterocycles. The van der Waals surface area contributed by atoms with Crippen LogP contribution in [-0.2, 0) is 26.7 Å². The lowest BCUT2D eigenvalue weighted by Gasteiger charge is -2.14. The number of rotatable bonds is 3. The molecule has 0 atom stereocenters. The number of hydrogen-bond donors (Lipinski definition) is 0. The lowest BCUT2D eigenvalue weighted by atomic mass is 10.2. The van der Waals surface area contributed by atoms with E-state index in [0.717, 1.165) is 17.0 Å². The van der Waals surface area contributed by atoms with E-state index in [4.69, 9.17) is 4.52 Å². The number of carbonyl (C=O) groups is 1. The second-order valence-corrected chi connectivity index (χ2v) is 5.27. The number of fused-ring (bicyclic) bond motifs is 1. The van der Waals surface area contributed by atoms with Gasteiger partial charge in [0.05, 0.1) is 43.5 Å². The molecule has 4 rings (SSSR count). The fraction of sp³-hybridized carbons (Fsp3) is 0.286. The Bertz CT molecular complexity index is 803. The van der Waals surface area contributed by atoms with Crippen LogP contribution in [0.5, 0.6) is 0 Å². The minimum absolute atomic E-state index is 0.151. The molecule has 4 heterocycles. The maximum atomic E-state index is 12.4. The first kappa shape index (κ1) is 12.8. The molecule has 8 heteroatoms. The summed E-state index contributed by atoms with van der Waals surface area (Å²) in [5, 5.41) is 8.14. The monoisotopic (exact) mass is 298 g/mol. The number of nitrogens with zero attached hydrogens (tertiary/aromatic N) is 6. The van der Waals surface area contributed by atoms with Gasteiger partial charge in [0, 0.05) is 31.1 Å². The molecule has 3 aromatic heterocycles. The molecule has 0 unspecified atom stereocenters. The molecule has 0 radical (unpaired) electrons. The largest absolute Gasteiger partial charge is 0.351 e. The number of hydrogen-bond acceptors (Lipinski definition) is 5. The van der Waals surface area contributed by atoms with Crippen molar-refractivity contribution in [2.45, 2.75) is 19.6 Å². The van der Waals surface area contributed by atoms with Crippen LogP contribution < -0.4 is 0 Å². The Hall–Kier alpha value is -2.90. The summed E-state index contributed by atoms with van der Waals surface area (Å²) >= 11 is 0. The maximum absolute atomic E-state index is 12.4. The first-order valence-electron chi connectivity index (χ1n) is 6.91. The van der Waals surface area contributed by atoms with E-state index in [9.17, 15) is 4.79 Å². The lowest BCUT2D eigenvalue weighted by molar-refractivity contribution is 0.0706. The van der Waals surface area contributed by atoms with Gasteiger partial charge in [0.1, 0.15) is 0 Å². The summed E-state index contributed by atoms with van der Waals surface area (Å²) in [5.74, 6) is 0.110. The van der Waals surface area contributed by atoms with Crippen molar-refractivity contribution in [2.24, 2.45) is 7.05 Å². The highest BCUT2D eigenvalue weighted by atomic mass is 16.5. The van der Waals surface area contributed by atoms with Gasteiger partial charge in [-0.3, -0.25) is 9.48 Å². The molecule has 1 aliphatic rings. The summed E-state index contributed by atoms with van der Waals surface area (Å²) in [6.45, 7) is 1.71. The van der Waals surface area contributed by atoms with Crippen LogP contribution in [0.25, 0.3) is 0 Å². The van der Waals surface area contributed by atoms with Crippen molar-refractivity contribution in [2.75, 3.05) is 0 Å². The zero-order valence-corrected chi connectivity index (χ0v) is 12.0. The van der Waals surface area contributed by atoms with Crippen molar-refractivity contribution in [3.8, 4) is 0 Å². The first-order valence-corrected chi connectivity index (χ1v) is 6.91. The molecular formula is C14H14N6O2. The molecule has 0 aliphatic carbocycles. The zero-order valence-electron chi connectivity index (χ0n) is 12.0. The number of aryl methyl sites for hydroxylation is 1. The van der Waals surface area contributed by atoms with E-state index in [-0.39, 0.29) is 11.7 Å². The first-order chi connectivity index (χ1) is 10.7. The highest BCUT2D eigenvalue weighted by Gasteiger charge is 2.31. The van der Waals surface area contributed by atoms with Gasteiger partial charge in [-0.1, -0.05) is 5.16 Å². The summed E-state index contributed by atoms with van der Waals surface area (Å²) < 4.78 is 8.76. The molecular weight excluding hydrogens is 284 g/mol.